The number of hydrogen-bond acceptors (Lipinski definition) is 4. The summed E-state index contributed by atoms with van der Waals surface area (Å²) in [5, 5.41) is 2.88. The molecular weight excluding hydrogens is 244 g/mol. The Morgan fingerprint density at radius 2 is 2.11 bits per heavy atom. The smallest absolute Gasteiger partial charge is 0.231 e. The molecule has 0 aromatic heterocycles. The van der Waals surface area contributed by atoms with Gasteiger partial charge < -0.3 is 19.7 Å². The summed E-state index contributed by atoms with van der Waals surface area (Å²) in [6.07, 6.45) is 0.478. The zero-order valence-corrected chi connectivity index (χ0v) is 11.4. The minimum Gasteiger partial charge on any atom is -0.454 e. The fraction of sp³-hybridized carbons (Fsp3) is 0.500. The molecule has 1 N–H and O–H groups in total. The van der Waals surface area contributed by atoms with Crippen LogP contribution in [-0.2, 0) is 4.79 Å². The number of ether oxygens (including phenoxy) is 2. The Bertz CT molecular complexity index is 444. The van der Waals surface area contributed by atoms with Crippen LogP contribution in [0.2, 0.25) is 0 Å². The molecule has 104 valence electrons. The number of nitrogens with one attached hydrogen (secondary N) is 1. The molecular formula is C14H20N2O3. The number of nitrogens with zero attached hydrogens (tertiary/aromatic N) is 1. The highest BCUT2D eigenvalue weighted by atomic mass is 16.7. The first-order valence-corrected chi connectivity index (χ1v) is 6.65. The molecule has 1 heterocycles. The van der Waals surface area contributed by atoms with E-state index in [1.807, 2.05) is 18.2 Å². The van der Waals surface area contributed by atoms with Gasteiger partial charge in [0.05, 0.1) is 5.69 Å². The molecule has 0 radical (unpaired) electrons. The van der Waals surface area contributed by atoms with E-state index in [0.29, 0.717) is 23.6 Å². The van der Waals surface area contributed by atoms with Gasteiger partial charge in [0.15, 0.2) is 11.5 Å². The standard InChI is InChI=1S/C14H20N2O3/c1-3-16(4-2)9-8-13(17)15-11-6-5-7-12-14(11)19-10-18-12/h5-7H,3-4,8-10H2,1-2H3,(H,15,17). The summed E-state index contributed by atoms with van der Waals surface area (Å²) in [6.45, 7) is 7.09. The van der Waals surface area contributed by atoms with Crippen molar-refractivity contribution in [1.29, 1.82) is 0 Å². The molecule has 0 fully saturated rings. The summed E-state index contributed by atoms with van der Waals surface area (Å²) in [4.78, 5) is 14.1. The lowest BCUT2D eigenvalue weighted by molar-refractivity contribution is -0.116. The van der Waals surface area contributed by atoms with Crippen molar-refractivity contribution in [1.82, 2.24) is 4.90 Å². The lowest BCUT2D eigenvalue weighted by atomic mass is 10.2. The minimum absolute atomic E-state index is 0.00389. The van der Waals surface area contributed by atoms with E-state index >= 15 is 0 Å². The van der Waals surface area contributed by atoms with Crippen LogP contribution in [0.5, 0.6) is 11.5 Å². The lowest BCUT2D eigenvalue weighted by Gasteiger charge is -2.17. The van der Waals surface area contributed by atoms with E-state index in [0.717, 1.165) is 19.6 Å². The molecule has 1 aromatic carbocycles. The van der Waals surface area contributed by atoms with Gasteiger partial charge in [-0.1, -0.05) is 19.9 Å². The van der Waals surface area contributed by atoms with Crippen molar-refractivity contribution in [2.24, 2.45) is 0 Å². The first-order valence-electron chi connectivity index (χ1n) is 6.65. The largest absolute Gasteiger partial charge is 0.454 e. The quantitative estimate of drug-likeness (QED) is 0.854. The van der Waals surface area contributed by atoms with Gasteiger partial charge >= 0.3 is 0 Å². The Labute approximate surface area is 113 Å². The van der Waals surface area contributed by atoms with Crippen LogP contribution >= 0.6 is 0 Å². The van der Waals surface area contributed by atoms with Crippen LogP contribution in [0.25, 0.3) is 0 Å². The lowest BCUT2D eigenvalue weighted by Crippen LogP contribution is -2.27. The highest BCUT2D eigenvalue weighted by molar-refractivity contribution is 5.93. The maximum atomic E-state index is 11.9. The fourth-order valence-electron chi connectivity index (χ4n) is 2.04. The maximum absolute atomic E-state index is 11.9. The first kappa shape index (κ1) is 13.7. The molecule has 0 saturated carbocycles. The molecule has 19 heavy (non-hydrogen) atoms. The summed E-state index contributed by atoms with van der Waals surface area (Å²) >= 11 is 0. The summed E-state index contributed by atoms with van der Waals surface area (Å²) in [5.74, 6) is 1.30. The van der Waals surface area contributed by atoms with Gasteiger partial charge in [0.25, 0.3) is 0 Å². The van der Waals surface area contributed by atoms with Crippen LogP contribution in [0.3, 0.4) is 0 Å². The van der Waals surface area contributed by atoms with E-state index in [-0.39, 0.29) is 12.7 Å². The molecule has 0 unspecified atom stereocenters. The van der Waals surface area contributed by atoms with Crippen molar-refractivity contribution in [2.45, 2.75) is 20.3 Å². The van der Waals surface area contributed by atoms with Crippen LogP contribution in [0, 0.1) is 0 Å². The van der Waals surface area contributed by atoms with Gasteiger partial charge in [-0.25, -0.2) is 0 Å². The number of anilines is 1. The van der Waals surface area contributed by atoms with Crippen LogP contribution < -0.4 is 14.8 Å². The van der Waals surface area contributed by atoms with Gasteiger partial charge in [-0.15, -0.1) is 0 Å². The molecule has 1 aliphatic heterocycles. The number of benzene rings is 1. The van der Waals surface area contributed by atoms with Gasteiger partial charge in [0.1, 0.15) is 0 Å². The van der Waals surface area contributed by atoms with Crippen molar-refractivity contribution in [3.8, 4) is 11.5 Å². The molecule has 0 bridgehead atoms. The third kappa shape index (κ3) is 3.38. The minimum atomic E-state index is -0.00389. The van der Waals surface area contributed by atoms with E-state index in [4.69, 9.17) is 9.47 Å². The zero-order valence-electron chi connectivity index (χ0n) is 11.4. The van der Waals surface area contributed by atoms with Crippen LogP contribution in [0.15, 0.2) is 18.2 Å². The number of para-hydroxylation sites is 1. The first-order chi connectivity index (χ1) is 9.24. The average molecular weight is 264 g/mol. The highest BCUT2D eigenvalue weighted by Crippen LogP contribution is 2.38. The molecule has 0 atom stereocenters. The predicted molar refractivity (Wildman–Crippen MR) is 73.6 cm³/mol. The number of rotatable bonds is 6. The van der Waals surface area contributed by atoms with Gasteiger partial charge in [-0.2, -0.15) is 0 Å². The second-order valence-corrected chi connectivity index (χ2v) is 4.36. The molecule has 1 amide bonds. The predicted octanol–water partition coefficient (Wildman–Crippen LogP) is 2.09. The van der Waals surface area contributed by atoms with Gasteiger partial charge in [0.2, 0.25) is 12.7 Å². The molecule has 0 spiro atoms. The van der Waals surface area contributed by atoms with Crippen molar-refractivity contribution in [3.05, 3.63) is 18.2 Å². The number of fused-ring (bicyclic) bond motifs is 1. The van der Waals surface area contributed by atoms with Gasteiger partial charge in [-0.05, 0) is 25.2 Å². The second-order valence-electron chi connectivity index (χ2n) is 4.36. The monoisotopic (exact) mass is 264 g/mol. The molecule has 2 rings (SSSR count). The number of carbonyl (C=O) groups is 1. The fourth-order valence-corrected chi connectivity index (χ4v) is 2.04. The Morgan fingerprint density at radius 3 is 2.84 bits per heavy atom. The Morgan fingerprint density at radius 1 is 1.32 bits per heavy atom. The molecule has 5 heteroatoms. The van der Waals surface area contributed by atoms with Crippen LogP contribution in [0.1, 0.15) is 20.3 Å². The van der Waals surface area contributed by atoms with Crippen molar-refractivity contribution in [2.75, 3.05) is 31.7 Å². The van der Waals surface area contributed by atoms with E-state index in [1.54, 1.807) is 0 Å². The maximum Gasteiger partial charge on any atom is 0.231 e. The molecule has 1 aromatic rings. The van der Waals surface area contributed by atoms with Gasteiger partial charge in [-0.3, -0.25) is 4.79 Å². The molecule has 1 aliphatic rings. The SMILES string of the molecule is CCN(CC)CCC(=O)Nc1cccc2c1OCO2. The third-order valence-electron chi connectivity index (χ3n) is 3.22. The molecule has 0 saturated heterocycles. The molecule has 5 nitrogen and oxygen atoms in total. The summed E-state index contributed by atoms with van der Waals surface area (Å²) < 4.78 is 10.6. The third-order valence-corrected chi connectivity index (χ3v) is 3.22. The number of hydrogen-bond donors (Lipinski definition) is 1. The average Bonchev–Trinajstić information content (AvgIpc) is 2.89. The Kier molecular flexibility index (Phi) is 4.63. The number of carbonyl (C=O) groups excluding carboxylic acids is 1. The van der Waals surface area contributed by atoms with Crippen molar-refractivity contribution < 1.29 is 14.3 Å². The van der Waals surface area contributed by atoms with Crippen molar-refractivity contribution >= 4 is 11.6 Å². The van der Waals surface area contributed by atoms with E-state index < -0.39 is 0 Å². The zero-order chi connectivity index (χ0) is 13.7. The number of amides is 1. The van der Waals surface area contributed by atoms with Crippen LogP contribution in [0.4, 0.5) is 5.69 Å². The Balaban J connectivity index is 1.91. The van der Waals surface area contributed by atoms with Crippen molar-refractivity contribution in [3.63, 3.8) is 0 Å². The van der Waals surface area contributed by atoms with E-state index in [2.05, 4.69) is 24.1 Å². The topological polar surface area (TPSA) is 50.8 Å². The van der Waals surface area contributed by atoms with Crippen LogP contribution in [-0.4, -0.2) is 37.2 Å². The summed E-state index contributed by atoms with van der Waals surface area (Å²) in [5.41, 5.74) is 0.680. The summed E-state index contributed by atoms with van der Waals surface area (Å²) in [7, 11) is 0. The van der Waals surface area contributed by atoms with E-state index in [1.165, 1.54) is 0 Å². The summed E-state index contributed by atoms with van der Waals surface area (Å²) in [6, 6.07) is 5.49. The highest BCUT2D eigenvalue weighted by Gasteiger charge is 2.18. The second kappa shape index (κ2) is 6.43. The Hall–Kier alpha value is -1.75. The van der Waals surface area contributed by atoms with E-state index in [9.17, 15) is 4.79 Å². The normalized spacial score (nSPS) is 12.8. The van der Waals surface area contributed by atoms with Gasteiger partial charge in [0, 0.05) is 13.0 Å². The molecule has 0 aliphatic carbocycles.